The predicted molar refractivity (Wildman–Crippen MR) is 109 cm³/mol. The van der Waals surface area contributed by atoms with Crippen LogP contribution in [0.4, 0.5) is 4.39 Å². The quantitative estimate of drug-likeness (QED) is 0.632. The zero-order chi connectivity index (χ0) is 17.9. The fourth-order valence-electron chi connectivity index (χ4n) is 3.56. The monoisotopic (exact) mass is 366 g/mol. The molecule has 0 amide bonds. The zero-order valence-electron chi connectivity index (χ0n) is 15.0. The molecular formula is C22H23FN2S. The Bertz CT molecular complexity index is 865. The molecular weight excluding hydrogens is 343 g/mol. The summed E-state index contributed by atoms with van der Waals surface area (Å²) in [6, 6.07) is 19.5. The van der Waals surface area contributed by atoms with Crippen molar-refractivity contribution in [2.45, 2.75) is 13.5 Å². The highest BCUT2D eigenvalue weighted by Gasteiger charge is 2.18. The number of nitrogens with zero attached hydrogens (tertiary/aromatic N) is 2. The number of hydrogen-bond donors (Lipinski definition) is 0. The fourth-order valence-corrected chi connectivity index (χ4v) is 4.54. The summed E-state index contributed by atoms with van der Waals surface area (Å²) in [6.45, 7) is 5.43. The van der Waals surface area contributed by atoms with E-state index >= 15 is 0 Å². The summed E-state index contributed by atoms with van der Waals surface area (Å²) in [5.74, 6) is 2.22. The van der Waals surface area contributed by atoms with E-state index in [4.69, 9.17) is 0 Å². The molecule has 1 saturated heterocycles. The Morgan fingerprint density at radius 1 is 0.962 bits per heavy atom. The van der Waals surface area contributed by atoms with Crippen molar-refractivity contribution in [1.82, 2.24) is 9.47 Å². The molecule has 1 aliphatic rings. The van der Waals surface area contributed by atoms with Gasteiger partial charge in [0.05, 0.1) is 5.69 Å². The van der Waals surface area contributed by atoms with Gasteiger partial charge in [0.2, 0.25) is 0 Å². The van der Waals surface area contributed by atoms with Crippen LogP contribution in [-0.2, 0) is 6.54 Å². The number of aromatic nitrogens is 1. The van der Waals surface area contributed by atoms with Crippen LogP contribution >= 0.6 is 11.8 Å². The van der Waals surface area contributed by atoms with Crippen LogP contribution in [0.3, 0.4) is 0 Å². The third kappa shape index (κ3) is 3.57. The van der Waals surface area contributed by atoms with Gasteiger partial charge in [-0.2, -0.15) is 11.8 Å². The largest absolute Gasteiger partial charge is 0.314 e. The van der Waals surface area contributed by atoms with Crippen molar-refractivity contribution in [1.29, 1.82) is 0 Å². The van der Waals surface area contributed by atoms with E-state index in [1.165, 1.54) is 40.5 Å². The molecule has 2 nitrogen and oxygen atoms in total. The number of rotatable bonds is 4. The van der Waals surface area contributed by atoms with E-state index in [-0.39, 0.29) is 5.82 Å². The molecule has 26 heavy (non-hydrogen) atoms. The maximum atomic E-state index is 13.4. The van der Waals surface area contributed by atoms with E-state index in [1.807, 2.05) is 30.0 Å². The zero-order valence-corrected chi connectivity index (χ0v) is 15.8. The molecule has 2 aromatic carbocycles. The van der Waals surface area contributed by atoms with Crippen LogP contribution in [0.25, 0.3) is 16.9 Å². The van der Waals surface area contributed by atoms with E-state index < -0.39 is 0 Å². The first-order valence-electron chi connectivity index (χ1n) is 9.05. The smallest absolute Gasteiger partial charge is 0.123 e. The Balaban J connectivity index is 1.78. The minimum atomic E-state index is -0.203. The van der Waals surface area contributed by atoms with Crippen molar-refractivity contribution in [2.24, 2.45) is 0 Å². The molecule has 3 aromatic rings. The molecule has 0 spiro atoms. The highest BCUT2D eigenvalue weighted by Crippen LogP contribution is 2.30. The molecule has 0 aliphatic carbocycles. The van der Waals surface area contributed by atoms with Gasteiger partial charge in [-0.3, -0.25) is 4.90 Å². The van der Waals surface area contributed by atoms with Crippen molar-refractivity contribution in [3.8, 4) is 16.9 Å². The van der Waals surface area contributed by atoms with Crippen LogP contribution in [-0.4, -0.2) is 34.1 Å². The number of thioether (sulfide) groups is 1. The van der Waals surface area contributed by atoms with E-state index in [0.29, 0.717) is 0 Å². The molecule has 1 aromatic heterocycles. The maximum absolute atomic E-state index is 13.4. The first-order valence-corrected chi connectivity index (χ1v) is 10.2. The number of benzene rings is 2. The molecule has 1 fully saturated rings. The summed E-state index contributed by atoms with van der Waals surface area (Å²) in [5, 5.41) is 0. The van der Waals surface area contributed by atoms with Crippen molar-refractivity contribution in [3.05, 3.63) is 77.7 Å². The van der Waals surface area contributed by atoms with Gasteiger partial charge < -0.3 is 4.57 Å². The summed E-state index contributed by atoms with van der Waals surface area (Å²) in [7, 11) is 0. The SMILES string of the molecule is Cc1c(CN2CCSCC2)cc(-c2ccccc2)n1-c1ccc(F)cc1. The van der Waals surface area contributed by atoms with E-state index in [9.17, 15) is 4.39 Å². The lowest BCUT2D eigenvalue weighted by molar-refractivity contribution is 0.294. The van der Waals surface area contributed by atoms with Gasteiger partial charge in [-0.1, -0.05) is 30.3 Å². The van der Waals surface area contributed by atoms with Gasteiger partial charge >= 0.3 is 0 Å². The minimum Gasteiger partial charge on any atom is -0.314 e. The molecule has 0 atom stereocenters. The van der Waals surface area contributed by atoms with Gasteiger partial charge in [-0.25, -0.2) is 4.39 Å². The van der Waals surface area contributed by atoms with Crippen molar-refractivity contribution in [3.63, 3.8) is 0 Å². The minimum absolute atomic E-state index is 0.203. The van der Waals surface area contributed by atoms with Gasteiger partial charge in [0.25, 0.3) is 0 Å². The fraction of sp³-hybridized carbons (Fsp3) is 0.273. The molecule has 0 N–H and O–H groups in total. The van der Waals surface area contributed by atoms with Gasteiger partial charge in [-0.15, -0.1) is 0 Å². The topological polar surface area (TPSA) is 8.17 Å². The molecule has 1 aliphatic heterocycles. The van der Waals surface area contributed by atoms with Crippen molar-refractivity contribution >= 4 is 11.8 Å². The molecule has 0 saturated carbocycles. The van der Waals surface area contributed by atoms with Gasteiger partial charge in [0, 0.05) is 42.5 Å². The third-order valence-electron chi connectivity index (χ3n) is 5.00. The Kier molecular flexibility index (Phi) is 5.14. The van der Waals surface area contributed by atoms with Crippen LogP contribution < -0.4 is 0 Å². The summed E-state index contributed by atoms with van der Waals surface area (Å²) in [4.78, 5) is 2.53. The second-order valence-electron chi connectivity index (χ2n) is 6.71. The summed E-state index contributed by atoms with van der Waals surface area (Å²) in [5.41, 5.74) is 5.92. The van der Waals surface area contributed by atoms with Crippen molar-refractivity contribution in [2.75, 3.05) is 24.6 Å². The van der Waals surface area contributed by atoms with Crippen LogP contribution in [0, 0.1) is 12.7 Å². The molecule has 0 radical (unpaired) electrons. The molecule has 4 rings (SSSR count). The predicted octanol–water partition coefficient (Wildman–Crippen LogP) is 5.14. The van der Waals surface area contributed by atoms with Gasteiger partial charge in [0.15, 0.2) is 0 Å². The number of hydrogen-bond acceptors (Lipinski definition) is 2. The Morgan fingerprint density at radius 3 is 2.35 bits per heavy atom. The lowest BCUT2D eigenvalue weighted by atomic mass is 10.1. The Morgan fingerprint density at radius 2 is 1.65 bits per heavy atom. The summed E-state index contributed by atoms with van der Waals surface area (Å²) in [6.07, 6.45) is 0. The highest BCUT2D eigenvalue weighted by atomic mass is 32.2. The molecule has 134 valence electrons. The summed E-state index contributed by atoms with van der Waals surface area (Å²) < 4.78 is 15.7. The van der Waals surface area contributed by atoms with Crippen LogP contribution in [0.1, 0.15) is 11.3 Å². The van der Waals surface area contributed by atoms with Gasteiger partial charge in [0.1, 0.15) is 5.82 Å². The average Bonchev–Trinajstić information content (AvgIpc) is 3.00. The normalized spacial score (nSPS) is 15.3. The van der Waals surface area contributed by atoms with Gasteiger partial charge in [-0.05, 0) is 48.4 Å². The standard InChI is InChI=1S/C22H23FN2S/c1-17-19(16-24-11-13-26-14-12-24)15-22(18-5-3-2-4-6-18)25(17)21-9-7-20(23)8-10-21/h2-10,15H,11-14,16H2,1H3. The Labute approximate surface area is 158 Å². The maximum Gasteiger partial charge on any atom is 0.123 e. The first-order chi connectivity index (χ1) is 12.7. The van der Waals surface area contributed by atoms with Crippen molar-refractivity contribution < 1.29 is 4.39 Å². The second-order valence-corrected chi connectivity index (χ2v) is 7.93. The molecule has 0 bridgehead atoms. The van der Waals surface area contributed by atoms with Crippen LogP contribution in [0.2, 0.25) is 0 Å². The molecule has 0 unspecified atom stereocenters. The lowest BCUT2D eigenvalue weighted by Crippen LogP contribution is -2.32. The number of halogens is 1. The third-order valence-corrected chi connectivity index (χ3v) is 5.95. The molecule has 4 heteroatoms. The van der Waals surface area contributed by atoms with Crippen LogP contribution in [0.15, 0.2) is 60.7 Å². The highest BCUT2D eigenvalue weighted by molar-refractivity contribution is 7.99. The van der Waals surface area contributed by atoms with E-state index in [2.05, 4.69) is 46.7 Å². The first kappa shape index (κ1) is 17.4. The summed E-state index contributed by atoms with van der Waals surface area (Å²) >= 11 is 2.03. The second kappa shape index (κ2) is 7.68. The van der Waals surface area contributed by atoms with E-state index in [1.54, 1.807) is 0 Å². The lowest BCUT2D eigenvalue weighted by Gasteiger charge is -2.26. The molecule has 2 heterocycles. The van der Waals surface area contributed by atoms with E-state index in [0.717, 1.165) is 31.0 Å². The average molecular weight is 367 g/mol. The Hall–Kier alpha value is -2.04. The van der Waals surface area contributed by atoms with Crippen LogP contribution in [0.5, 0.6) is 0 Å².